The van der Waals surface area contributed by atoms with Crippen molar-refractivity contribution >= 4 is 37.5 Å². The van der Waals surface area contributed by atoms with Gasteiger partial charge in [-0.25, -0.2) is 4.79 Å². The zero-order valence-electron chi connectivity index (χ0n) is 30.2. The van der Waals surface area contributed by atoms with Gasteiger partial charge in [0.05, 0.1) is 24.8 Å². The van der Waals surface area contributed by atoms with Crippen molar-refractivity contribution in [2.45, 2.75) is 113 Å². The Morgan fingerprint density at radius 2 is 1.92 bits per heavy atom. The summed E-state index contributed by atoms with van der Waals surface area (Å²) in [5.74, 6) is -0.432. The molecule has 2 N–H and O–H groups in total. The first-order chi connectivity index (χ1) is 23.6. The highest BCUT2D eigenvalue weighted by molar-refractivity contribution is 6.74. The van der Waals surface area contributed by atoms with Gasteiger partial charge in [0, 0.05) is 36.1 Å². The lowest BCUT2D eigenvalue weighted by Crippen LogP contribution is -2.53. The highest BCUT2D eigenvalue weighted by Crippen LogP contribution is 2.49. The maximum atomic E-state index is 13.7. The van der Waals surface area contributed by atoms with E-state index in [0.29, 0.717) is 43.7 Å². The fourth-order valence-corrected chi connectivity index (χ4v) is 10.2. The molecule has 5 aliphatic rings. The van der Waals surface area contributed by atoms with E-state index in [1.165, 1.54) is 11.1 Å². The molecule has 0 radical (unpaired) electrons. The van der Waals surface area contributed by atoms with Crippen LogP contribution in [-0.2, 0) is 31.5 Å². The second-order valence-corrected chi connectivity index (χ2v) is 22.4. The van der Waals surface area contributed by atoms with E-state index in [2.05, 4.69) is 63.0 Å². The van der Waals surface area contributed by atoms with E-state index in [0.717, 1.165) is 55.8 Å². The number of hydrogen-bond donors (Lipinski definition) is 2. The van der Waals surface area contributed by atoms with Gasteiger partial charge in [-0.3, -0.25) is 4.79 Å². The Morgan fingerprint density at radius 1 is 1.12 bits per heavy atom. The number of nitrogens with zero attached hydrogens (tertiary/aromatic N) is 2. The summed E-state index contributed by atoms with van der Waals surface area (Å²) in [7, 11) is -2.11. The van der Waals surface area contributed by atoms with Crippen LogP contribution in [0.1, 0.15) is 82.4 Å². The van der Waals surface area contributed by atoms with E-state index in [9.17, 15) is 19.8 Å². The summed E-state index contributed by atoms with van der Waals surface area (Å²) in [5, 5.41) is 23.1. The van der Waals surface area contributed by atoms with Crippen LogP contribution in [0.4, 0.5) is 5.69 Å². The Bertz CT molecular complexity index is 1690. The van der Waals surface area contributed by atoms with Crippen molar-refractivity contribution in [2.24, 2.45) is 11.8 Å². The molecule has 1 saturated heterocycles. The zero-order chi connectivity index (χ0) is 35.6. The first-order valence-corrected chi connectivity index (χ1v) is 21.8. The van der Waals surface area contributed by atoms with Crippen LogP contribution in [0.3, 0.4) is 0 Å². The number of carbonyl (C=O) groups excluding carboxylic acids is 1. The van der Waals surface area contributed by atoms with Crippen molar-refractivity contribution in [2.75, 3.05) is 31.1 Å². The third kappa shape index (κ3) is 6.30. The maximum Gasteiger partial charge on any atom is 0.340 e. The van der Waals surface area contributed by atoms with Gasteiger partial charge < -0.3 is 29.2 Å². The highest BCUT2D eigenvalue weighted by Gasteiger charge is 2.49. The van der Waals surface area contributed by atoms with E-state index in [1.807, 2.05) is 6.07 Å². The molecule has 8 nitrogen and oxygen atoms in total. The fraction of sp³-hybridized carbons (Fsp3) is 0.600. The van der Waals surface area contributed by atoms with Gasteiger partial charge in [-0.2, -0.15) is 0 Å². The van der Waals surface area contributed by atoms with Crippen molar-refractivity contribution in [3.63, 3.8) is 0 Å². The third-order valence-corrected chi connectivity index (χ3v) is 17.8. The number of fused-ring (bicyclic) bond motifs is 5. The lowest BCUT2D eigenvalue weighted by Gasteiger charge is -2.48. The summed E-state index contributed by atoms with van der Waals surface area (Å²) in [4.78, 5) is 30.6. The summed E-state index contributed by atoms with van der Waals surface area (Å²) in [6.45, 7) is 14.0. The molecule has 7 rings (SSSR count). The van der Waals surface area contributed by atoms with E-state index in [4.69, 9.17) is 20.8 Å². The number of carboxylic acids is 1. The van der Waals surface area contributed by atoms with Crippen LogP contribution in [0, 0.1) is 11.8 Å². The van der Waals surface area contributed by atoms with Crippen molar-refractivity contribution in [1.29, 1.82) is 0 Å². The number of rotatable bonds is 3. The number of anilines is 1. The minimum absolute atomic E-state index is 0.0178. The minimum atomic E-state index is -2.37. The Balaban J connectivity index is 1.33. The van der Waals surface area contributed by atoms with Crippen LogP contribution < -0.4 is 9.64 Å². The van der Waals surface area contributed by atoms with Crippen LogP contribution in [0.5, 0.6) is 5.75 Å². The largest absolute Gasteiger partial charge is 0.490 e. The Morgan fingerprint density at radius 3 is 2.60 bits per heavy atom. The zero-order valence-corrected chi connectivity index (χ0v) is 32.0. The predicted octanol–water partition coefficient (Wildman–Crippen LogP) is 7.45. The van der Waals surface area contributed by atoms with Gasteiger partial charge in [-0.15, -0.1) is 0 Å². The van der Waals surface area contributed by atoms with Crippen LogP contribution >= 0.6 is 11.6 Å². The summed E-state index contributed by atoms with van der Waals surface area (Å²) in [6, 6.07) is 11.4. The molecular formula is C40H53ClN2O6Si. The van der Waals surface area contributed by atoms with E-state index >= 15 is 0 Å². The molecule has 50 heavy (non-hydrogen) atoms. The summed E-state index contributed by atoms with van der Waals surface area (Å²) in [6.07, 6.45) is 10.5. The van der Waals surface area contributed by atoms with E-state index in [-0.39, 0.29) is 34.1 Å². The third-order valence-electron chi connectivity index (χ3n) is 13.1. The van der Waals surface area contributed by atoms with Crippen LogP contribution in [0.25, 0.3) is 0 Å². The molecule has 1 spiro atoms. The molecule has 1 amide bonds. The smallest absolute Gasteiger partial charge is 0.340 e. The molecular weight excluding hydrogens is 668 g/mol. The number of carbonyl (C=O) groups is 2. The molecule has 0 aromatic heterocycles. The number of amides is 1. The van der Waals surface area contributed by atoms with Gasteiger partial charge in [-0.05, 0) is 116 Å². The monoisotopic (exact) mass is 720 g/mol. The van der Waals surface area contributed by atoms with Crippen LogP contribution in [0.15, 0.2) is 48.6 Å². The predicted molar refractivity (Wildman–Crippen MR) is 199 cm³/mol. The van der Waals surface area contributed by atoms with Gasteiger partial charge in [0.25, 0.3) is 0 Å². The molecule has 1 saturated carbocycles. The lowest BCUT2D eigenvalue weighted by atomic mass is 9.68. The minimum Gasteiger partial charge on any atom is -0.490 e. The average molecular weight is 721 g/mol. The molecule has 2 aromatic carbocycles. The number of carboxylic acid groups (broad SMARTS) is 1. The summed E-state index contributed by atoms with van der Waals surface area (Å²) in [5.41, 5.74) is 0.822. The second-order valence-electron chi connectivity index (χ2n) is 17.2. The number of aliphatic hydroxyl groups is 1. The van der Waals surface area contributed by atoms with Crippen LogP contribution in [0.2, 0.25) is 23.2 Å². The molecule has 5 unspecified atom stereocenters. The van der Waals surface area contributed by atoms with E-state index < -0.39 is 26.3 Å². The summed E-state index contributed by atoms with van der Waals surface area (Å²) >= 11 is 6.48. The number of halogens is 1. The van der Waals surface area contributed by atoms with Crippen molar-refractivity contribution in [3.05, 3.63) is 70.3 Å². The normalized spacial score (nSPS) is 32.0. The molecule has 270 valence electrons. The highest BCUT2D eigenvalue weighted by atomic mass is 35.5. The number of ether oxygens (including phenoxy) is 1. The number of aliphatic carboxylic acids is 1. The van der Waals surface area contributed by atoms with E-state index in [1.54, 1.807) is 23.1 Å². The Kier molecular flexibility index (Phi) is 9.22. The maximum absolute atomic E-state index is 13.7. The summed E-state index contributed by atoms with van der Waals surface area (Å²) < 4.78 is 13.9. The Labute approximate surface area is 302 Å². The fourth-order valence-electron chi connectivity index (χ4n) is 8.70. The first-order valence-electron chi connectivity index (χ1n) is 18.5. The van der Waals surface area contributed by atoms with Crippen molar-refractivity contribution in [3.8, 4) is 5.75 Å². The molecule has 10 heteroatoms. The SMILES string of the molecule is CC(C)(C)[Si](C)(C)OC1/C=C/C[C@@H]2CCN2C(=O)CC(O)(C(=O)O)c2ccc3c(c2)N(CC2CCC21)CC1(CCCc2cc(Cl)ccc21)CO3. The molecule has 3 heterocycles. The molecule has 6 atom stereocenters. The number of aryl methyl sites for hydroxylation is 1. The molecule has 3 aliphatic heterocycles. The molecule has 2 bridgehead atoms. The standard InChI is InChI=1S/C40H53ClN2O6Si/c1-38(2,3)50(4,5)49-34-10-6-9-30-17-19-43(30)36(44)22-40(47,37(45)46)28-12-16-35-33(21-28)42(23-27-11-14-31(27)34)24-39(25-48-35)18-7-8-26-20-29(41)13-15-32(26)39/h6,10,12-13,15-16,20-21,27,30-31,34,47H,7-9,11,14,17-19,22-25H2,1-5H3,(H,45,46)/b10-6+/t27?,30-,31?,34?,39?,40?/m1/s1. The topological polar surface area (TPSA) is 99.5 Å². The number of benzene rings is 2. The van der Waals surface area contributed by atoms with Crippen molar-refractivity contribution < 1.29 is 29.0 Å². The van der Waals surface area contributed by atoms with Crippen LogP contribution in [-0.4, -0.2) is 73.7 Å². The van der Waals surface area contributed by atoms with Gasteiger partial charge in [-0.1, -0.05) is 56.7 Å². The van der Waals surface area contributed by atoms with Crippen molar-refractivity contribution in [1.82, 2.24) is 4.90 Å². The van der Waals surface area contributed by atoms with Gasteiger partial charge in [0.1, 0.15) is 5.75 Å². The van der Waals surface area contributed by atoms with Gasteiger partial charge in [0.2, 0.25) is 5.91 Å². The quantitative estimate of drug-likeness (QED) is 0.251. The first kappa shape index (κ1) is 35.5. The second kappa shape index (κ2) is 13.0. The molecule has 2 fully saturated rings. The molecule has 2 aromatic rings. The molecule has 2 aliphatic carbocycles. The lowest BCUT2D eigenvalue weighted by molar-refractivity contribution is -0.166. The van der Waals surface area contributed by atoms with Gasteiger partial charge in [0.15, 0.2) is 13.9 Å². The average Bonchev–Trinajstić information content (AvgIpc) is 3.16. The van der Waals surface area contributed by atoms with Gasteiger partial charge >= 0.3 is 5.97 Å². The Hall–Kier alpha value is -2.85. The number of hydrogen-bond acceptors (Lipinski definition) is 6.